The van der Waals surface area contributed by atoms with Crippen LogP contribution in [0.3, 0.4) is 0 Å². The van der Waals surface area contributed by atoms with Crippen LogP contribution in [0.25, 0.3) is 0 Å². The van der Waals surface area contributed by atoms with Crippen molar-refractivity contribution in [3.63, 3.8) is 0 Å². The lowest BCUT2D eigenvalue weighted by molar-refractivity contribution is -0.120. The molecule has 6 N–H and O–H groups in total. The Morgan fingerprint density at radius 1 is 1.27 bits per heavy atom. The van der Waals surface area contributed by atoms with Crippen LogP contribution >= 0.6 is 17.0 Å². The third-order valence-electron chi connectivity index (χ3n) is 1.07. The fraction of sp³-hybridized carbons (Fsp3) is 0.600. The number of halogens is 1. The third kappa shape index (κ3) is 7.27. The van der Waals surface area contributed by atoms with E-state index in [0.29, 0.717) is 0 Å². The third-order valence-corrected chi connectivity index (χ3v) is 1.07. The molecule has 0 bridgehead atoms. The molecular formula is C5H12BrN3O2. The Kier molecular flexibility index (Phi) is 7.23. The summed E-state index contributed by atoms with van der Waals surface area (Å²) in [5.74, 6) is -1.09. The normalized spacial score (nSPS) is 11.4. The molecule has 5 nitrogen and oxygen atoms in total. The first-order chi connectivity index (χ1) is 4.54. The monoisotopic (exact) mass is 225 g/mol. The van der Waals surface area contributed by atoms with Gasteiger partial charge in [0.2, 0.25) is 11.8 Å². The molecule has 0 aliphatic rings. The maximum absolute atomic E-state index is 10.3. The van der Waals surface area contributed by atoms with Gasteiger partial charge in [-0.25, -0.2) is 0 Å². The Labute approximate surface area is 75.1 Å². The first-order valence-corrected chi connectivity index (χ1v) is 2.87. The topological polar surface area (TPSA) is 112 Å². The average Bonchev–Trinajstić information content (AvgIpc) is 1.82. The van der Waals surface area contributed by atoms with Crippen molar-refractivity contribution in [3.8, 4) is 0 Å². The highest BCUT2D eigenvalue weighted by Crippen LogP contribution is 1.91. The molecule has 0 saturated carbocycles. The zero-order valence-electron chi connectivity index (χ0n) is 5.95. The zero-order valence-corrected chi connectivity index (χ0v) is 7.66. The van der Waals surface area contributed by atoms with Crippen LogP contribution in [0.15, 0.2) is 0 Å². The molecule has 11 heavy (non-hydrogen) atoms. The van der Waals surface area contributed by atoms with Gasteiger partial charge in [-0.1, -0.05) is 0 Å². The summed E-state index contributed by atoms with van der Waals surface area (Å²) >= 11 is 0. The van der Waals surface area contributed by atoms with Gasteiger partial charge in [0.1, 0.15) is 0 Å². The summed E-state index contributed by atoms with van der Waals surface area (Å²) in [5.41, 5.74) is 14.8. The molecule has 6 heteroatoms. The van der Waals surface area contributed by atoms with Gasteiger partial charge in [0, 0.05) is 6.42 Å². The Morgan fingerprint density at radius 3 is 2.00 bits per heavy atom. The van der Waals surface area contributed by atoms with E-state index in [1.165, 1.54) is 0 Å². The van der Waals surface area contributed by atoms with Crippen molar-refractivity contribution >= 4 is 28.8 Å². The van der Waals surface area contributed by atoms with Crippen LogP contribution in [0.1, 0.15) is 12.8 Å². The minimum Gasteiger partial charge on any atom is -0.370 e. The van der Waals surface area contributed by atoms with Crippen molar-refractivity contribution in [2.45, 2.75) is 18.9 Å². The zero-order chi connectivity index (χ0) is 8.15. The Bertz CT molecular complexity index is 151. The van der Waals surface area contributed by atoms with Crippen LogP contribution in [0.5, 0.6) is 0 Å². The molecular weight excluding hydrogens is 214 g/mol. The maximum atomic E-state index is 10.3. The number of carbonyl (C=O) groups is 2. The summed E-state index contributed by atoms with van der Waals surface area (Å²) in [5, 5.41) is 0. The van der Waals surface area contributed by atoms with Gasteiger partial charge in [-0.15, -0.1) is 17.0 Å². The van der Waals surface area contributed by atoms with Crippen LogP contribution in [0, 0.1) is 0 Å². The highest BCUT2D eigenvalue weighted by Gasteiger charge is 2.09. The predicted octanol–water partition coefficient (Wildman–Crippen LogP) is -1.36. The summed E-state index contributed by atoms with van der Waals surface area (Å²) in [6, 6.07) is -0.757. The van der Waals surface area contributed by atoms with Crippen molar-refractivity contribution in [2.75, 3.05) is 0 Å². The Hall–Kier alpha value is -0.620. The molecule has 2 amide bonds. The Morgan fingerprint density at radius 2 is 1.73 bits per heavy atom. The number of primary amides is 2. The van der Waals surface area contributed by atoms with E-state index in [1.54, 1.807) is 0 Å². The lowest BCUT2D eigenvalue weighted by atomic mass is 10.1. The van der Waals surface area contributed by atoms with Crippen molar-refractivity contribution in [1.29, 1.82) is 0 Å². The number of nitrogens with two attached hydrogens (primary N) is 3. The second-order valence-electron chi connectivity index (χ2n) is 2.01. The lowest BCUT2D eigenvalue weighted by Crippen LogP contribution is -2.37. The molecule has 66 valence electrons. The van der Waals surface area contributed by atoms with Crippen molar-refractivity contribution in [1.82, 2.24) is 0 Å². The average molecular weight is 226 g/mol. The number of amides is 2. The van der Waals surface area contributed by atoms with Gasteiger partial charge in [0.05, 0.1) is 6.04 Å². The van der Waals surface area contributed by atoms with E-state index >= 15 is 0 Å². The smallest absolute Gasteiger partial charge is 0.234 e. The van der Waals surface area contributed by atoms with Crippen LogP contribution < -0.4 is 17.2 Å². The summed E-state index contributed by atoms with van der Waals surface area (Å²) in [7, 11) is 0. The maximum Gasteiger partial charge on any atom is 0.234 e. The Balaban J connectivity index is 0. The number of rotatable bonds is 4. The molecule has 1 atom stereocenters. The second-order valence-corrected chi connectivity index (χ2v) is 2.01. The lowest BCUT2D eigenvalue weighted by Gasteiger charge is -2.03. The number of carbonyl (C=O) groups excluding carboxylic acids is 2. The second kappa shape index (κ2) is 6.11. The molecule has 0 unspecified atom stereocenters. The minimum absolute atomic E-state index is 0. The van der Waals surface area contributed by atoms with Gasteiger partial charge < -0.3 is 17.2 Å². The van der Waals surface area contributed by atoms with E-state index < -0.39 is 17.9 Å². The molecule has 0 heterocycles. The van der Waals surface area contributed by atoms with E-state index in [0.717, 1.165) is 0 Å². The van der Waals surface area contributed by atoms with Gasteiger partial charge in [-0.2, -0.15) is 0 Å². The van der Waals surface area contributed by atoms with Crippen molar-refractivity contribution in [3.05, 3.63) is 0 Å². The van der Waals surface area contributed by atoms with E-state index in [-0.39, 0.29) is 29.8 Å². The molecule has 0 aliphatic heterocycles. The van der Waals surface area contributed by atoms with Crippen LogP contribution in [0.2, 0.25) is 0 Å². The summed E-state index contributed by atoms with van der Waals surface area (Å²) in [6.07, 6.45) is 0.328. The quantitative estimate of drug-likeness (QED) is 0.550. The first-order valence-electron chi connectivity index (χ1n) is 2.87. The van der Waals surface area contributed by atoms with Crippen molar-refractivity contribution < 1.29 is 9.59 Å². The molecule has 0 rings (SSSR count). The molecule has 0 aliphatic carbocycles. The largest absolute Gasteiger partial charge is 0.370 e. The molecule has 0 fully saturated rings. The van der Waals surface area contributed by atoms with E-state index in [1.807, 2.05) is 0 Å². The fourth-order valence-corrected chi connectivity index (χ4v) is 0.440. The minimum atomic E-state index is -0.757. The molecule has 0 radical (unpaired) electrons. The SMILES string of the molecule is Br.NC(=O)CC[C@H](N)C(N)=O. The number of hydrogen-bond acceptors (Lipinski definition) is 3. The van der Waals surface area contributed by atoms with Gasteiger partial charge in [-0.05, 0) is 6.42 Å². The summed E-state index contributed by atoms with van der Waals surface area (Å²) in [4.78, 5) is 20.4. The van der Waals surface area contributed by atoms with Gasteiger partial charge in [-0.3, -0.25) is 9.59 Å². The van der Waals surface area contributed by atoms with Gasteiger partial charge in [0.25, 0.3) is 0 Å². The highest BCUT2D eigenvalue weighted by molar-refractivity contribution is 8.93. The van der Waals surface area contributed by atoms with E-state index in [4.69, 9.17) is 17.2 Å². The van der Waals surface area contributed by atoms with Crippen LogP contribution in [-0.4, -0.2) is 17.9 Å². The van der Waals surface area contributed by atoms with Crippen LogP contribution in [-0.2, 0) is 9.59 Å². The van der Waals surface area contributed by atoms with E-state index in [9.17, 15) is 9.59 Å². The molecule has 0 aromatic carbocycles. The van der Waals surface area contributed by atoms with Gasteiger partial charge >= 0.3 is 0 Å². The van der Waals surface area contributed by atoms with Gasteiger partial charge in [0.15, 0.2) is 0 Å². The predicted molar refractivity (Wildman–Crippen MR) is 45.9 cm³/mol. The fourth-order valence-electron chi connectivity index (χ4n) is 0.440. The van der Waals surface area contributed by atoms with Crippen molar-refractivity contribution in [2.24, 2.45) is 17.2 Å². The van der Waals surface area contributed by atoms with E-state index in [2.05, 4.69) is 0 Å². The molecule has 0 saturated heterocycles. The molecule has 0 aromatic rings. The summed E-state index contributed by atoms with van der Waals surface area (Å²) in [6.45, 7) is 0. The molecule has 0 spiro atoms. The number of hydrogen-bond donors (Lipinski definition) is 3. The first kappa shape index (κ1) is 13.0. The summed E-state index contributed by atoms with van der Waals surface area (Å²) < 4.78 is 0. The highest BCUT2D eigenvalue weighted by atomic mass is 79.9. The molecule has 0 aromatic heterocycles. The standard InChI is InChI=1S/C5H11N3O2.BrH/c6-3(5(8)10)1-2-4(7)9;/h3H,1-2,6H2,(H2,7,9)(H2,8,10);1H/t3-;/m0./s1. The van der Waals surface area contributed by atoms with Crippen LogP contribution in [0.4, 0.5) is 0 Å².